The van der Waals surface area contributed by atoms with E-state index >= 15 is 0 Å². The lowest BCUT2D eigenvalue weighted by Crippen LogP contribution is -2.31. The summed E-state index contributed by atoms with van der Waals surface area (Å²) in [6.45, 7) is 1.75. The second-order valence-corrected chi connectivity index (χ2v) is 5.71. The molecule has 0 saturated carbocycles. The normalized spacial score (nSPS) is 15.4. The average Bonchev–Trinajstić information content (AvgIpc) is 2.71. The molecule has 3 nitrogen and oxygen atoms in total. The van der Waals surface area contributed by atoms with Crippen LogP contribution < -0.4 is 0 Å². The number of ether oxygens (including phenoxy) is 2. The van der Waals surface area contributed by atoms with Crippen molar-refractivity contribution < 1.29 is 9.47 Å². The van der Waals surface area contributed by atoms with Gasteiger partial charge in [-0.3, -0.25) is 4.90 Å². The van der Waals surface area contributed by atoms with Crippen molar-refractivity contribution in [2.45, 2.75) is 44.9 Å². The van der Waals surface area contributed by atoms with Crippen molar-refractivity contribution >= 4 is 0 Å². The summed E-state index contributed by atoms with van der Waals surface area (Å²) in [5.41, 5.74) is 4.62. The van der Waals surface area contributed by atoms with Crippen LogP contribution in [-0.2, 0) is 28.9 Å². The van der Waals surface area contributed by atoms with Crippen LogP contribution in [0.25, 0.3) is 0 Å². The second kappa shape index (κ2) is 7.77. The molecular formula is C17H27NO2. The van der Waals surface area contributed by atoms with Crippen molar-refractivity contribution in [1.82, 2.24) is 4.90 Å². The highest BCUT2D eigenvalue weighted by Crippen LogP contribution is 2.24. The van der Waals surface area contributed by atoms with Gasteiger partial charge in [0.1, 0.15) is 0 Å². The van der Waals surface area contributed by atoms with E-state index in [1.165, 1.54) is 37.7 Å². The number of hydrogen-bond acceptors (Lipinski definition) is 3. The van der Waals surface area contributed by atoms with E-state index in [2.05, 4.69) is 30.1 Å². The first-order valence-corrected chi connectivity index (χ1v) is 7.58. The molecule has 3 heteroatoms. The van der Waals surface area contributed by atoms with Gasteiger partial charge in [-0.05, 0) is 49.4 Å². The predicted molar refractivity (Wildman–Crippen MR) is 81.8 cm³/mol. The maximum absolute atomic E-state index is 5.28. The zero-order valence-corrected chi connectivity index (χ0v) is 13.0. The summed E-state index contributed by atoms with van der Waals surface area (Å²) in [5.74, 6) is 0. The summed E-state index contributed by atoms with van der Waals surface area (Å²) in [6, 6.07) is 6.78. The third-order valence-electron chi connectivity index (χ3n) is 4.17. The van der Waals surface area contributed by atoms with Crippen LogP contribution in [-0.4, -0.2) is 39.0 Å². The Balaban J connectivity index is 2.05. The molecule has 2 rings (SSSR count). The van der Waals surface area contributed by atoms with Gasteiger partial charge in [0, 0.05) is 27.3 Å². The van der Waals surface area contributed by atoms with Crippen molar-refractivity contribution in [3.63, 3.8) is 0 Å². The highest BCUT2D eigenvalue weighted by atomic mass is 16.7. The fourth-order valence-electron chi connectivity index (χ4n) is 3.04. The molecule has 0 atom stereocenters. The highest BCUT2D eigenvalue weighted by molar-refractivity contribution is 5.36. The second-order valence-electron chi connectivity index (χ2n) is 5.71. The summed E-state index contributed by atoms with van der Waals surface area (Å²) in [4.78, 5) is 2.28. The lowest BCUT2D eigenvalue weighted by Gasteiger charge is -2.23. The highest BCUT2D eigenvalue weighted by Gasteiger charge is 2.14. The molecule has 0 aliphatic heterocycles. The van der Waals surface area contributed by atoms with E-state index in [9.17, 15) is 0 Å². The molecule has 0 N–H and O–H groups in total. The maximum atomic E-state index is 5.28. The Labute approximate surface area is 122 Å². The van der Waals surface area contributed by atoms with Crippen molar-refractivity contribution in [2.24, 2.45) is 0 Å². The first-order valence-electron chi connectivity index (χ1n) is 7.58. The summed E-state index contributed by atoms with van der Waals surface area (Å²) in [5, 5.41) is 0. The number of methoxy groups -OCH3 is 2. The number of likely N-dealkylation sites (N-methyl/N-ethyl adjacent to an activating group) is 1. The zero-order valence-electron chi connectivity index (χ0n) is 13.0. The van der Waals surface area contributed by atoms with E-state index in [0.717, 1.165) is 13.1 Å². The molecule has 1 aliphatic rings. The van der Waals surface area contributed by atoms with Crippen LogP contribution in [0.3, 0.4) is 0 Å². The number of nitrogens with zero attached hydrogens (tertiary/aromatic N) is 1. The predicted octanol–water partition coefficient (Wildman–Crippen LogP) is 3.01. The molecule has 0 spiro atoms. The molecule has 1 aromatic rings. The van der Waals surface area contributed by atoms with E-state index in [-0.39, 0.29) is 6.29 Å². The quantitative estimate of drug-likeness (QED) is 0.589. The van der Waals surface area contributed by atoms with Gasteiger partial charge in [-0.15, -0.1) is 0 Å². The minimum atomic E-state index is -0.151. The van der Waals surface area contributed by atoms with E-state index in [1.54, 1.807) is 25.3 Å². The summed E-state index contributed by atoms with van der Waals surface area (Å²) in [6.07, 6.45) is 6.35. The van der Waals surface area contributed by atoms with Crippen LogP contribution in [0.5, 0.6) is 0 Å². The monoisotopic (exact) mass is 277 g/mol. The first-order chi connectivity index (χ1) is 9.74. The van der Waals surface area contributed by atoms with Crippen molar-refractivity contribution in [3.8, 4) is 0 Å². The fraction of sp³-hybridized carbons (Fsp3) is 0.647. The third kappa shape index (κ3) is 4.05. The molecule has 0 unspecified atom stereocenters. The Morgan fingerprint density at radius 2 is 1.85 bits per heavy atom. The van der Waals surface area contributed by atoms with Gasteiger partial charge in [0.15, 0.2) is 6.29 Å². The largest absolute Gasteiger partial charge is 0.355 e. The Bertz CT molecular complexity index is 415. The number of hydrogen-bond donors (Lipinski definition) is 0. The SMILES string of the molecule is COC(CN(C)Cc1cccc2c1CCCCC2)OC. The summed E-state index contributed by atoms with van der Waals surface area (Å²) < 4.78 is 10.6. The molecule has 0 fully saturated rings. The van der Waals surface area contributed by atoms with Crippen LogP contribution in [0.1, 0.15) is 36.0 Å². The molecular weight excluding hydrogens is 250 g/mol. The van der Waals surface area contributed by atoms with Crippen molar-refractivity contribution in [1.29, 1.82) is 0 Å². The van der Waals surface area contributed by atoms with Crippen LogP contribution >= 0.6 is 0 Å². The van der Waals surface area contributed by atoms with E-state index < -0.39 is 0 Å². The van der Waals surface area contributed by atoms with Crippen LogP contribution in [0.15, 0.2) is 18.2 Å². The number of fused-ring (bicyclic) bond motifs is 1. The summed E-state index contributed by atoms with van der Waals surface area (Å²) >= 11 is 0. The standard InChI is InChI=1S/C17H27NO2/c1-18(13-17(19-2)20-3)12-15-10-7-9-14-8-5-4-6-11-16(14)15/h7,9-10,17H,4-6,8,11-13H2,1-3H3. The molecule has 0 amide bonds. The molecule has 0 bridgehead atoms. The lowest BCUT2D eigenvalue weighted by atomic mass is 9.97. The summed E-state index contributed by atoms with van der Waals surface area (Å²) in [7, 11) is 5.51. The smallest absolute Gasteiger partial charge is 0.169 e. The topological polar surface area (TPSA) is 21.7 Å². The molecule has 1 aromatic carbocycles. The van der Waals surface area contributed by atoms with Gasteiger partial charge < -0.3 is 9.47 Å². The van der Waals surface area contributed by atoms with Gasteiger partial charge in [0.25, 0.3) is 0 Å². The average molecular weight is 277 g/mol. The fourth-order valence-corrected chi connectivity index (χ4v) is 3.04. The van der Waals surface area contributed by atoms with Gasteiger partial charge >= 0.3 is 0 Å². The maximum Gasteiger partial charge on any atom is 0.169 e. The molecule has 1 aliphatic carbocycles. The van der Waals surface area contributed by atoms with Gasteiger partial charge in [0.05, 0.1) is 0 Å². The molecule has 112 valence electrons. The van der Waals surface area contributed by atoms with Crippen molar-refractivity contribution in [3.05, 3.63) is 34.9 Å². The van der Waals surface area contributed by atoms with Crippen LogP contribution in [0.4, 0.5) is 0 Å². The molecule has 0 radical (unpaired) electrons. The first kappa shape index (κ1) is 15.5. The Kier molecular flexibility index (Phi) is 6.02. The van der Waals surface area contributed by atoms with Gasteiger partial charge in [-0.2, -0.15) is 0 Å². The number of benzene rings is 1. The van der Waals surface area contributed by atoms with E-state index in [0.29, 0.717) is 0 Å². The van der Waals surface area contributed by atoms with Gasteiger partial charge in [-0.25, -0.2) is 0 Å². The Morgan fingerprint density at radius 1 is 1.10 bits per heavy atom. The Morgan fingerprint density at radius 3 is 2.60 bits per heavy atom. The zero-order chi connectivity index (χ0) is 14.4. The minimum Gasteiger partial charge on any atom is -0.355 e. The Hall–Kier alpha value is -0.900. The minimum absolute atomic E-state index is 0.151. The van der Waals surface area contributed by atoms with Crippen LogP contribution in [0, 0.1) is 0 Å². The number of aryl methyl sites for hydroxylation is 1. The molecule has 0 saturated heterocycles. The lowest BCUT2D eigenvalue weighted by molar-refractivity contribution is -0.114. The van der Waals surface area contributed by atoms with Gasteiger partial charge in [0.2, 0.25) is 0 Å². The number of rotatable bonds is 6. The molecule has 0 aromatic heterocycles. The van der Waals surface area contributed by atoms with Crippen molar-refractivity contribution in [2.75, 3.05) is 27.8 Å². The molecule has 0 heterocycles. The third-order valence-corrected chi connectivity index (χ3v) is 4.17. The van der Waals surface area contributed by atoms with Gasteiger partial charge in [-0.1, -0.05) is 24.6 Å². The van der Waals surface area contributed by atoms with Crippen LogP contribution in [0.2, 0.25) is 0 Å². The molecule has 20 heavy (non-hydrogen) atoms. The van der Waals surface area contributed by atoms with E-state index in [4.69, 9.17) is 9.47 Å². The van der Waals surface area contributed by atoms with E-state index in [1.807, 2.05) is 0 Å².